The summed E-state index contributed by atoms with van der Waals surface area (Å²) >= 11 is 0. The minimum absolute atomic E-state index is 0.0544. The zero-order valence-electron chi connectivity index (χ0n) is 22.3. The van der Waals surface area contributed by atoms with E-state index in [1.54, 1.807) is 4.68 Å². The van der Waals surface area contributed by atoms with Crippen molar-refractivity contribution in [2.24, 2.45) is 0 Å². The number of alkyl carbamates (subject to hydrolysis) is 1. The van der Waals surface area contributed by atoms with Gasteiger partial charge in [-0.15, -0.1) is 0 Å². The highest BCUT2D eigenvalue weighted by atomic mass is 16.6. The average Bonchev–Trinajstić information content (AvgIpc) is 3.63. The van der Waals surface area contributed by atoms with E-state index < -0.39 is 0 Å². The van der Waals surface area contributed by atoms with Gasteiger partial charge in [0.1, 0.15) is 13.2 Å². The maximum Gasteiger partial charge on any atom is 0.407 e. The van der Waals surface area contributed by atoms with E-state index in [0.717, 1.165) is 43.6 Å². The second-order valence-corrected chi connectivity index (χ2v) is 11.1. The van der Waals surface area contributed by atoms with Crippen LogP contribution in [0.3, 0.4) is 0 Å². The number of likely N-dealkylation sites (tertiary alicyclic amines) is 1. The first-order valence-corrected chi connectivity index (χ1v) is 13.8. The molecule has 3 aliphatic heterocycles. The maximum atomic E-state index is 13.5. The molecular weight excluding hydrogens is 484 g/mol. The van der Waals surface area contributed by atoms with Crippen molar-refractivity contribution in [2.45, 2.75) is 58.0 Å². The first-order valence-electron chi connectivity index (χ1n) is 13.8. The lowest BCUT2D eigenvalue weighted by Gasteiger charge is -2.37. The molecule has 0 atom stereocenters. The Balaban J connectivity index is 1.10. The average molecular weight is 521 g/mol. The number of amides is 3. The summed E-state index contributed by atoms with van der Waals surface area (Å²) in [6.07, 6.45) is 3.59. The predicted molar refractivity (Wildman–Crippen MR) is 141 cm³/mol. The third kappa shape index (κ3) is 4.39. The summed E-state index contributed by atoms with van der Waals surface area (Å²) in [5, 5.41) is 7.62. The largest absolute Gasteiger partial charge is 0.447 e. The number of cyclic esters (lactones) is 1. The summed E-state index contributed by atoms with van der Waals surface area (Å²) in [4.78, 5) is 44.4. The molecule has 202 valence electrons. The minimum Gasteiger partial charge on any atom is -0.447 e. The molecule has 1 N–H and O–H groups in total. The number of fused-ring (bicyclic) bond motifs is 1. The molecule has 3 amide bonds. The van der Waals surface area contributed by atoms with E-state index in [2.05, 4.69) is 42.3 Å². The van der Waals surface area contributed by atoms with Crippen molar-refractivity contribution < 1.29 is 19.1 Å². The van der Waals surface area contributed by atoms with Crippen molar-refractivity contribution in [1.29, 1.82) is 0 Å². The molecule has 10 heteroatoms. The summed E-state index contributed by atoms with van der Waals surface area (Å²) in [6.45, 7) is 8.88. The third-order valence-corrected chi connectivity index (χ3v) is 8.90. The van der Waals surface area contributed by atoms with E-state index in [1.165, 1.54) is 16.8 Å². The van der Waals surface area contributed by atoms with Crippen molar-refractivity contribution in [3.63, 3.8) is 0 Å². The number of aromatic nitrogens is 2. The highest BCUT2D eigenvalue weighted by Gasteiger charge is 2.43. The summed E-state index contributed by atoms with van der Waals surface area (Å²) in [5.74, 6) is -0.0183. The molecule has 4 heterocycles. The van der Waals surface area contributed by atoms with Gasteiger partial charge in [0.25, 0.3) is 5.91 Å². The fourth-order valence-corrected chi connectivity index (χ4v) is 6.36. The number of rotatable bonds is 4. The highest BCUT2D eigenvalue weighted by molar-refractivity contribution is 5.94. The van der Waals surface area contributed by atoms with Gasteiger partial charge in [0, 0.05) is 56.2 Å². The van der Waals surface area contributed by atoms with E-state index >= 15 is 0 Å². The Kier molecular flexibility index (Phi) is 6.28. The van der Waals surface area contributed by atoms with Crippen LogP contribution in [0.15, 0.2) is 18.2 Å². The number of carbonyl (C=O) groups excluding carboxylic acids is 3. The number of anilines is 1. The molecule has 3 fully saturated rings. The van der Waals surface area contributed by atoms with E-state index in [1.807, 2.05) is 9.80 Å². The van der Waals surface area contributed by atoms with E-state index in [0.29, 0.717) is 51.3 Å². The van der Waals surface area contributed by atoms with Crippen LogP contribution >= 0.6 is 0 Å². The summed E-state index contributed by atoms with van der Waals surface area (Å²) in [6, 6.07) is 6.38. The van der Waals surface area contributed by atoms with Crippen LogP contribution in [0.4, 0.5) is 10.5 Å². The Labute approximate surface area is 222 Å². The Morgan fingerprint density at radius 1 is 1.03 bits per heavy atom. The number of aryl methyl sites for hydroxylation is 1. The number of nitrogens with one attached hydrogen (secondary N) is 1. The number of piperazine rings is 1. The van der Waals surface area contributed by atoms with E-state index in [-0.39, 0.29) is 30.0 Å². The van der Waals surface area contributed by atoms with Crippen LogP contribution in [0.1, 0.15) is 52.1 Å². The minimum atomic E-state index is -0.377. The second-order valence-electron chi connectivity index (χ2n) is 11.1. The molecular formula is C28H36N6O4. The zero-order valence-corrected chi connectivity index (χ0v) is 22.3. The van der Waals surface area contributed by atoms with Crippen molar-refractivity contribution in [3.8, 4) is 0 Å². The van der Waals surface area contributed by atoms with Gasteiger partial charge in [0.15, 0.2) is 5.69 Å². The zero-order chi connectivity index (χ0) is 26.4. The number of ether oxygens (including phenoxy) is 1. The third-order valence-electron chi connectivity index (χ3n) is 8.90. The number of piperidine rings is 1. The summed E-state index contributed by atoms with van der Waals surface area (Å²) in [7, 11) is 0. The van der Waals surface area contributed by atoms with Gasteiger partial charge in [-0.3, -0.25) is 14.3 Å². The lowest BCUT2D eigenvalue weighted by molar-refractivity contribution is -0.132. The Morgan fingerprint density at radius 2 is 1.79 bits per heavy atom. The number of hydrogen-bond donors (Lipinski definition) is 1. The van der Waals surface area contributed by atoms with Gasteiger partial charge >= 0.3 is 6.09 Å². The van der Waals surface area contributed by atoms with Crippen LogP contribution in [0, 0.1) is 13.8 Å². The van der Waals surface area contributed by atoms with Gasteiger partial charge < -0.3 is 24.8 Å². The fourth-order valence-electron chi connectivity index (χ4n) is 6.36. The molecule has 0 radical (unpaired) electrons. The van der Waals surface area contributed by atoms with E-state index in [9.17, 15) is 14.4 Å². The smallest absolute Gasteiger partial charge is 0.407 e. The highest BCUT2D eigenvalue weighted by Crippen LogP contribution is 2.30. The number of nitrogens with zero attached hydrogens (tertiary/aromatic N) is 5. The van der Waals surface area contributed by atoms with Crippen LogP contribution < -0.4 is 10.2 Å². The molecule has 1 aromatic heterocycles. The lowest BCUT2D eigenvalue weighted by atomic mass is 9.89. The normalized spacial score (nSPS) is 20.5. The topological polar surface area (TPSA) is 100 Å². The van der Waals surface area contributed by atoms with Crippen molar-refractivity contribution in [1.82, 2.24) is 24.9 Å². The van der Waals surface area contributed by atoms with Crippen molar-refractivity contribution in [3.05, 3.63) is 46.3 Å². The standard InChI is InChI=1S/C28H36N6O4/c1-19-5-3-7-22(20(19)2)31-13-15-32(16-14-31)24(35)17-34-23-8-4-6-21(23)25(30-34)26(36)33-11-9-28(10-12-33)18-38-27(37)29-28/h3,5,7H,4,6,8-18H2,1-2H3,(H,29,37). The first kappa shape index (κ1) is 24.8. The molecule has 2 aromatic rings. The molecule has 0 unspecified atom stereocenters. The number of carbonyl (C=O) groups is 3. The monoisotopic (exact) mass is 520 g/mol. The molecule has 0 bridgehead atoms. The molecule has 3 saturated heterocycles. The Morgan fingerprint density at radius 3 is 2.50 bits per heavy atom. The quantitative estimate of drug-likeness (QED) is 0.663. The Bertz CT molecular complexity index is 1270. The van der Waals surface area contributed by atoms with Gasteiger partial charge in [0.05, 0.1) is 5.54 Å². The SMILES string of the molecule is Cc1cccc(N2CCN(C(=O)Cn3nc(C(=O)N4CCC5(CC4)COC(=O)N5)c4c3CCC4)CC2)c1C. The van der Waals surface area contributed by atoms with E-state index in [4.69, 9.17) is 9.84 Å². The van der Waals surface area contributed by atoms with Crippen LogP contribution in [-0.2, 0) is 28.9 Å². The molecule has 1 aromatic carbocycles. The molecule has 0 saturated carbocycles. The van der Waals surface area contributed by atoms with Gasteiger partial charge in [0.2, 0.25) is 5.91 Å². The van der Waals surface area contributed by atoms with Crippen LogP contribution in [0.5, 0.6) is 0 Å². The predicted octanol–water partition coefficient (Wildman–Crippen LogP) is 2.05. The van der Waals surface area contributed by atoms with Gasteiger partial charge in [-0.1, -0.05) is 12.1 Å². The molecule has 6 rings (SSSR count). The van der Waals surface area contributed by atoms with Gasteiger partial charge in [-0.25, -0.2) is 4.79 Å². The fraction of sp³-hybridized carbons (Fsp3) is 0.571. The van der Waals surface area contributed by atoms with Crippen molar-refractivity contribution >= 4 is 23.6 Å². The van der Waals surface area contributed by atoms with Crippen molar-refractivity contribution in [2.75, 3.05) is 50.8 Å². The first-order chi connectivity index (χ1) is 18.3. The maximum absolute atomic E-state index is 13.5. The molecule has 1 aliphatic carbocycles. The molecule has 38 heavy (non-hydrogen) atoms. The summed E-state index contributed by atoms with van der Waals surface area (Å²) in [5.41, 5.74) is 5.98. The second kappa shape index (κ2) is 9.63. The number of hydrogen-bond acceptors (Lipinski definition) is 6. The summed E-state index contributed by atoms with van der Waals surface area (Å²) < 4.78 is 6.89. The molecule has 4 aliphatic rings. The van der Waals surface area contributed by atoms with Crippen LogP contribution in [-0.4, -0.2) is 88.9 Å². The number of benzene rings is 1. The molecule has 10 nitrogen and oxygen atoms in total. The molecule has 1 spiro atoms. The van der Waals surface area contributed by atoms with Gasteiger partial charge in [-0.2, -0.15) is 5.10 Å². The lowest BCUT2D eigenvalue weighted by Crippen LogP contribution is -2.53. The Hall–Kier alpha value is -3.56. The van der Waals surface area contributed by atoms with Crippen LogP contribution in [0.25, 0.3) is 0 Å². The van der Waals surface area contributed by atoms with Gasteiger partial charge in [-0.05, 0) is 63.1 Å². The van der Waals surface area contributed by atoms with Crippen LogP contribution in [0.2, 0.25) is 0 Å².